The quantitative estimate of drug-likeness (QED) is 0.115. The molecule has 12 nitrogen and oxygen atoms in total. The van der Waals surface area contributed by atoms with Crippen molar-refractivity contribution in [3.8, 4) is 5.75 Å². The van der Waals surface area contributed by atoms with E-state index < -0.39 is 24.8 Å². The number of aryl methyl sites for hydroxylation is 1. The zero-order chi connectivity index (χ0) is 30.8. The molecule has 0 aliphatic rings. The summed E-state index contributed by atoms with van der Waals surface area (Å²) in [5, 5.41) is 12.1. The van der Waals surface area contributed by atoms with Crippen molar-refractivity contribution in [3.05, 3.63) is 82.2 Å². The van der Waals surface area contributed by atoms with E-state index in [0.717, 1.165) is 16.9 Å². The number of imide groups is 1. The van der Waals surface area contributed by atoms with E-state index >= 15 is 0 Å². The average Bonchev–Trinajstić information content (AvgIpc) is 3.35. The van der Waals surface area contributed by atoms with Crippen molar-refractivity contribution < 1.29 is 33.8 Å². The summed E-state index contributed by atoms with van der Waals surface area (Å²) in [5.74, 6) is -1.34. The Morgan fingerprint density at radius 1 is 1.05 bits per heavy atom. The molecule has 0 unspecified atom stereocenters. The number of aromatic amines is 1. The maximum Gasteiger partial charge on any atom is 0.419 e. The second-order valence-electron chi connectivity index (χ2n) is 9.39. The number of benzene rings is 2. The Labute approximate surface area is 243 Å². The molecule has 0 atom stereocenters. The van der Waals surface area contributed by atoms with E-state index in [1.807, 2.05) is 13.8 Å². The van der Waals surface area contributed by atoms with Gasteiger partial charge in [-0.15, -0.1) is 0 Å². The van der Waals surface area contributed by atoms with Gasteiger partial charge in [0.05, 0.1) is 23.4 Å². The first-order valence-electron chi connectivity index (χ1n) is 13.4. The van der Waals surface area contributed by atoms with Crippen molar-refractivity contribution in [3.63, 3.8) is 0 Å². The predicted octanol–water partition coefficient (Wildman–Crippen LogP) is 3.86. The van der Waals surface area contributed by atoms with Gasteiger partial charge in [-0.2, -0.15) is 0 Å². The SMILES string of the molecule is CCCNC(=O)c1ccc(C)c(N=C(N)c2[nH]cc(C(=O)N(CC)C(=O)OCOC(=O)Cc3ccc(O)cc3)c2C)c1. The fourth-order valence-electron chi connectivity index (χ4n) is 3.94. The van der Waals surface area contributed by atoms with Crippen LogP contribution in [0.1, 0.15) is 63.4 Å². The summed E-state index contributed by atoms with van der Waals surface area (Å²) in [7, 11) is 0. The maximum atomic E-state index is 13.2. The summed E-state index contributed by atoms with van der Waals surface area (Å²) in [4.78, 5) is 58.5. The first kappa shape index (κ1) is 31.4. The molecule has 12 heteroatoms. The van der Waals surface area contributed by atoms with E-state index in [4.69, 9.17) is 15.2 Å². The second-order valence-corrected chi connectivity index (χ2v) is 9.39. The molecule has 0 aliphatic carbocycles. The van der Waals surface area contributed by atoms with Gasteiger partial charge >= 0.3 is 12.1 Å². The third-order valence-corrected chi connectivity index (χ3v) is 6.34. The smallest absolute Gasteiger partial charge is 0.419 e. The number of carbonyl (C=O) groups excluding carboxylic acids is 4. The van der Waals surface area contributed by atoms with Crippen LogP contribution in [0.5, 0.6) is 5.75 Å². The normalized spacial score (nSPS) is 11.1. The molecule has 0 spiro atoms. The molecular weight excluding hydrogens is 542 g/mol. The van der Waals surface area contributed by atoms with Crippen molar-refractivity contribution in [2.45, 2.75) is 40.5 Å². The Morgan fingerprint density at radius 3 is 2.43 bits per heavy atom. The lowest BCUT2D eigenvalue weighted by Gasteiger charge is -2.18. The minimum absolute atomic E-state index is 0.00523. The Bertz CT molecular complexity index is 1480. The number of aromatic nitrogens is 1. The highest BCUT2D eigenvalue weighted by Crippen LogP contribution is 2.23. The van der Waals surface area contributed by atoms with Gasteiger partial charge in [-0.25, -0.2) is 14.7 Å². The number of rotatable bonds is 11. The Balaban J connectivity index is 1.66. The van der Waals surface area contributed by atoms with Crippen LogP contribution in [0.25, 0.3) is 0 Å². The van der Waals surface area contributed by atoms with Crippen LogP contribution in [0.2, 0.25) is 0 Å². The topological polar surface area (TPSA) is 176 Å². The van der Waals surface area contributed by atoms with Gasteiger partial charge in [0.2, 0.25) is 6.79 Å². The molecule has 3 rings (SSSR count). The fourth-order valence-corrected chi connectivity index (χ4v) is 3.94. The number of esters is 1. The molecule has 42 heavy (non-hydrogen) atoms. The molecule has 0 bridgehead atoms. The standard InChI is InChI=1S/C30H35N5O7/c1-5-13-32-28(38)21-10-7-18(3)24(15-21)34-27(31)26-19(4)23(16-33-26)29(39)35(6-2)30(40)42-17-41-25(37)14-20-8-11-22(36)12-9-20/h7-12,15-16,33,36H,5-6,13-14,17H2,1-4H3,(H2,31,34)(H,32,38). The van der Waals surface area contributed by atoms with Crippen molar-refractivity contribution >= 4 is 35.4 Å². The number of ether oxygens (including phenoxy) is 2. The number of aromatic hydroxyl groups is 1. The number of nitrogens with zero attached hydrogens (tertiary/aromatic N) is 2. The minimum atomic E-state index is -0.988. The zero-order valence-electron chi connectivity index (χ0n) is 24.0. The number of phenolic OH excluding ortho intramolecular Hbond substituents is 1. The third kappa shape index (κ3) is 7.96. The van der Waals surface area contributed by atoms with Gasteiger partial charge in [0.25, 0.3) is 11.8 Å². The third-order valence-electron chi connectivity index (χ3n) is 6.34. The number of carbonyl (C=O) groups is 4. The lowest BCUT2D eigenvalue weighted by atomic mass is 10.1. The van der Waals surface area contributed by atoms with Gasteiger partial charge in [-0.3, -0.25) is 14.4 Å². The molecule has 0 aliphatic heterocycles. The van der Waals surface area contributed by atoms with Crippen LogP contribution in [0.4, 0.5) is 10.5 Å². The zero-order valence-corrected chi connectivity index (χ0v) is 24.0. The molecule has 1 aromatic heterocycles. The molecule has 5 N–H and O–H groups in total. The number of hydrogen-bond donors (Lipinski definition) is 4. The average molecular weight is 578 g/mol. The van der Waals surface area contributed by atoms with E-state index in [2.05, 4.69) is 15.3 Å². The van der Waals surface area contributed by atoms with Gasteiger partial charge in [0.15, 0.2) is 0 Å². The molecule has 3 aromatic rings. The number of amides is 3. The van der Waals surface area contributed by atoms with Crippen LogP contribution in [-0.2, 0) is 20.7 Å². The molecular formula is C30H35N5O7. The summed E-state index contributed by atoms with van der Waals surface area (Å²) in [6.07, 6.45) is 1.16. The largest absolute Gasteiger partial charge is 0.508 e. The van der Waals surface area contributed by atoms with Crippen molar-refractivity contribution in [1.29, 1.82) is 0 Å². The van der Waals surface area contributed by atoms with E-state index in [-0.39, 0.29) is 36.0 Å². The van der Waals surface area contributed by atoms with Crippen LogP contribution in [0.3, 0.4) is 0 Å². The lowest BCUT2D eigenvalue weighted by molar-refractivity contribution is -0.151. The Morgan fingerprint density at radius 2 is 1.76 bits per heavy atom. The van der Waals surface area contributed by atoms with E-state index in [1.54, 1.807) is 44.2 Å². The molecule has 0 radical (unpaired) electrons. The minimum Gasteiger partial charge on any atom is -0.508 e. The molecule has 1 heterocycles. The summed E-state index contributed by atoms with van der Waals surface area (Å²) in [6.45, 7) is 6.94. The number of phenols is 1. The number of amidine groups is 1. The van der Waals surface area contributed by atoms with Gasteiger partial charge in [-0.1, -0.05) is 25.1 Å². The second kappa shape index (κ2) is 14.5. The summed E-state index contributed by atoms with van der Waals surface area (Å²) >= 11 is 0. The number of hydrogen-bond acceptors (Lipinski definition) is 8. The van der Waals surface area contributed by atoms with Crippen LogP contribution in [-0.4, -0.2) is 64.6 Å². The number of H-pyrrole nitrogens is 1. The van der Waals surface area contributed by atoms with E-state index in [1.165, 1.54) is 18.3 Å². The predicted molar refractivity (Wildman–Crippen MR) is 156 cm³/mol. The Hall–Kier alpha value is -5.13. The van der Waals surface area contributed by atoms with Crippen LogP contribution < -0.4 is 11.1 Å². The lowest BCUT2D eigenvalue weighted by Crippen LogP contribution is -2.38. The van der Waals surface area contributed by atoms with Gasteiger partial charge in [-0.05, 0) is 68.1 Å². The molecule has 0 fully saturated rings. The van der Waals surface area contributed by atoms with Crippen LogP contribution in [0, 0.1) is 13.8 Å². The number of nitrogens with two attached hydrogens (primary N) is 1. The van der Waals surface area contributed by atoms with E-state index in [0.29, 0.717) is 34.6 Å². The molecule has 3 amide bonds. The molecule has 0 saturated carbocycles. The fraction of sp³-hybridized carbons (Fsp3) is 0.300. The first-order chi connectivity index (χ1) is 20.0. The first-order valence-corrected chi connectivity index (χ1v) is 13.4. The van der Waals surface area contributed by atoms with Gasteiger partial charge in [0.1, 0.15) is 11.6 Å². The number of aliphatic imine (C=N–C) groups is 1. The molecule has 0 saturated heterocycles. The van der Waals surface area contributed by atoms with Gasteiger partial charge < -0.3 is 30.6 Å². The molecule has 222 valence electrons. The van der Waals surface area contributed by atoms with Crippen LogP contribution in [0.15, 0.2) is 53.7 Å². The van der Waals surface area contributed by atoms with Crippen LogP contribution >= 0.6 is 0 Å². The highest BCUT2D eigenvalue weighted by atomic mass is 16.7. The summed E-state index contributed by atoms with van der Waals surface area (Å²) < 4.78 is 9.95. The van der Waals surface area contributed by atoms with Gasteiger partial charge in [0, 0.05) is 24.8 Å². The summed E-state index contributed by atoms with van der Waals surface area (Å²) in [5.41, 5.74) is 9.65. The van der Waals surface area contributed by atoms with E-state index in [9.17, 15) is 24.3 Å². The monoisotopic (exact) mass is 577 g/mol. The van der Waals surface area contributed by atoms with Crippen molar-refractivity contribution in [2.24, 2.45) is 10.7 Å². The highest BCUT2D eigenvalue weighted by molar-refractivity contribution is 6.07. The van der Waals surface area contributed by atoms with Crippen molar-refractivity contribution in [2.75, 3.05) is 19.9 Å². The Kier molecular flexibility index (Phi) is 10.8. The number of nitrogens with one attached hydrogen (secondary N) is 2. The van der Waals surface area contributed by atoms with Crippen molar-refractivity contribution in [1.82, 2.24) is 15.2 Å². The molecule has 2 aromatic carbocycles. The summed E-state index contributed by atoms with van der Waals surface area (Å²) in [6, 6.07) is 11.1. The maximum absolute atomic E-state index is 13.2. The highest BCUT2D eigenvalue weighted by Gasteiger charge is 2.26.